The van der Waals surface area contributed by atoms with E-state index in [2.05, 4.69) is 0 Å². The van der Waals surface area contributed by atoms with Crippen molar-refractivity contribution in [1.29, 1.82) is 0 Å². The zero-order valence-electron chi connectivity index (χ0n) is 10.0. The minimum absolute atomic E-state index is 0.0788. The Kier molecular flexibility index (Phi) is 5.72. The lowest BCUT2D eigenvalue weighted by Crippen LogP contribution is -2.26. The average molecular weight is 249 g/mol. The fourth-order valence-corrected chi connectivity index (χ4v) is 2.89. The molecule has 0 aromatic rings. The smallest absolute Gasteiger partial charge is 0.150 e. The zero-order chi connectivity index (χ0) is 12.0. The zero-order valence-corrected chi connectivity index (χ0v) is 10.8. The normalized spacial score (nSPS) is 23.5. The molecule has 0 amide bonds. The van der Waals surface area contributed by atoms with Crippen LogP contribution in [0.1, 0.15) is 39.0 Å². The lowest BCUT2D eigenvalue weighted by Gasteiger charge is -2.15. The standard InChI is InChI=1S/C11H23NO3S/c1-2-16(13,14)8-4-5-10(12)9-11-6-3-7-15-11/h10-11H,2-9,12H2,1H3. The molecule has 0 bridgehead atoms. The quantitative estimate of drug-likeness (QED) is 0.733. The lowest BCUT2D eigenvalue weighted by atomic mass is 10.0. The third-order valence-corrected chi connectivity index (χ3v) is 4.85. The van der Waals surface area contributed by atoms with Crippen molar-refractivity contribution in [3.05, 3.63) is 0 Å². The number of sulfone groups is 1. The van der Waals surface area contributed by atoms with Gasteiger partial charge < -0.3 is 10.5 Å². The van der Waals surface area contributed by atoms with Crippen molar-refractivity contribution in [3.8, 4) is 0 Å². The van der Waals surface area contributed by atoms with Crippen LogP contribution in [0.25, 0.3) is 0 Å². The number of hydrogen-bond acceptors (Lipinski definition) is 4. The van der Waals surface area contributed by atoms with Gasteiger partial charge in [0.15, 0.2) is 0 Å². The maximum atomic E-state index is 11.3. The third kappa shape index (κ3) is 5.27. The van der Waals surface area contributed by atoms with E-state index >= 15 is 0 Å². The van der Waals surface area contributed by atoms with Crippen molar-refractivity contribution in [3.63, 3.8) is 0 Å². The molecule has 96 valence electrons. The molecule has 1 aliphatic heterocycles. The first-order chi connectivity index (χ1) is 7.53. The molecule has 0 spiro atoms. The highest BCUT2D eigenvalue weighted by Crippen LogP contribution is 2.17. The van der Waals surface area contributed by atoms with E-state index in [9.17, 15) is 8.42 Å². The molecule has 0 radical (unpaired) electrons. The predicted molar refractivity (Wildman–Crippen MR) is 65.1 cm³/mol. The van der Waals surface area contributed by atoms with Crippen molar-refractivity contribution < 1.29 is 13.2 Å². The number of hydrogen-bond donors (Lipinski definition) is 1. The highest BCUT2D eigenvalue weighted by atomic mass is 32.2. The van der Waals surface area contributed by atoms with Gasteiger partial charge in [-0.25, -0.2) is 8.42 Å². The van der Waals surface area contributed by atoms with Crippen LogP contribution in [0.15, 0.2) is 0 Å². The fourth-order valence-electron chi connectivity index (χ4n) is 2.00. The van der Waals surface area contributed by atoms with Gasteiger partial charge in [0.05, 0.1) is 11.9 Å². The van der Waals surface area contributed by atoms with Crippen LogP contribution in [0.3, 0.4) is 0 Å². The van der Waals surface area contributed by atoms with Crippen molar-refractivity contribution in [2.24, 2.45) is 5.73 Å². The average Bonchev–Trinajstić information content (AvgIpc) is 2.70. The third-order valence-electron chi connectivity index (χ3n) is 3.06. The number of rotatable bonds is 7. The Morgan fingerprint density at radius 3 is 2.81 bits per heavy atom. The number of nitrogens with two attached hydrogens (primary N) is 1. The second-order valence-corrected chi connectivity index (χ2v) is 6.98. The van der Waals surface area contributed by atoms with Gasteiger partial charge in [-0.1, -0.05) is 6.92 Å². The predicted octanol–water partition coefficient (Wildman–Crippen LogP) is 1.10. The van der Waals surface area contributed by atoms with Crippen molar-refractivity contribution in [1.82, 2.24) is 0 Å². The fraction of sp³-hybridized carbons (Fsp3) is 1.00. The van der Waals surface area contributed by atoms with E-state index in [1.807, 2.05) is 0 Å². The molecule has 4 nitrogen and oxygen atoms in total. The summed E-state index contributed by atoms with van der Waals surface area (Å²) in [5, 5.41) is 0. The molecule has 1 saturated heterocycles. The maximum Gasteiger partial charge on any atom is 0.150 e. The largest absolute Gasteiger partial charge is 0.378 e. The summed E-state index contributed by atoms with van der Waals surface area (Å²) in [6, 6.07) is 0.0788. The van der Waals surface area contributed by atoms with Crippen LogP contribution < -0.4 is 5.73 Å². The van der Waals surface area contributed by atoms with Gasteiger partial charge in [0.25, 0.3) is 0 Å². The Morgan fingerprint density at radius 2 is 2.25 bits per heavy atom. The van der Waals surface area contributed by atoms with Gasteiger partial charge in [-0.3, -0.25) is 0 Å². The molecule has 1 rings (SSSR count). The van der Waals surface area contributed by atoms with Crippen LogP contribution >= 0.6 is 0 Å². The molecule has 0 aromatic carbocycles. The van der Waals surface area contributed by atoms with E-state index in [4.69, 9.17) is 10.5 Å². The highest BCUT2D eigenvalue weighted by Gasteiger charge is 2.18. The minimum atomic E-state index is -2.83. The summed E-state index contributed by atoms with van der Waals surface area (Å²) in [7, 11) is -2.83. The molecule has 1 heterocycles. The molecule has 16 heavy (non-hydrogen) atoms. The Hall–Kier alpha value is -0.130. The molecule has 2 atom stereocenters. The van der Waals surface area contributed by atoms with Gasteiger partial charge in [-0.15, -0.1) is 0 Å². The summed E-state index contributed by atoms with van der Waals surface area (Å²) in [6.45, 7) is 2.53. The number of ether oxygens (including phenoxy) is 1. The van der Waals surface area contributed by atoms with E-state index < -0.39 is 9.84 Å². The van der Waals surface area contributed by atoms with Crippen LogP contribution in [0.4, 0.5) is 0 Å². The summed E-state index contributed by atoms with van der Waals surface area (Å²) in [4.78, 5) is 0. The molecule has 5 heteroatoms. The maximum absolute atomic E-state index is 11.3. The van der Waals surface area contributed by atoms with E-state index in [-0.39, 0.29) is 17.5 Å². The molecular formula is C11H23NO3S. The molecule has 0 aliphatic carbocycles. The molecule has 0 aromatic heterocycles. The first-order valence-corrected chi connectivity index (χ1v) is 7.93. The van der Waals surface area contributed by atoms with Crippen molar-refractivity contribution >= 4 is 9.84 Å². The molecule has 2 N–H and O–H groups in total. The molecule has 1 aliphatic rings. The van der Waals surface area contributed by atoms with Gasteiger partial charge in [-0.2, -0.15) is 0 Å². The Bertz CT molecular complexity index is 284. The second kappa shape index (κ2) is 6.57. The van der Waals surface area contributed by atoms with Crippen LogP contribution in [0.5, 0.6) is 0 Å². The van der Waals surface area contributed by atoms with Crippen LogP contribution in [-0.2, 0) is 14.6 Å². The first kappa shape index (κ1) is 13.9. The Balaban J connectivity index is 2.12. The molecule has 2 unspecified atom stereocenters. The molecule has 1 fully saturated rings. The highest BCUT2D eigenvalue weighted by molar-refractivity contribution is 7.91. The topological polar surface area (TPSA) is 69.4 Å². The minimum Gasteiger partial charge on any atom is -0.378 e. The van der Waals surface area contributed by atoms with Crippen molar-refractivity contribution in [2.45, 2.75) is 51.2 Å². The van der Waals surface area contributed by atoms with Crippen molar-refractivity contribution in [2.75, 3.05) is 18.1 Å². The van der Waals surface area contributed by atoms with E-state index in [1.165, 1.54) is 0 Å². The summed E-state index contributed by atoms with van der Waals surface area (Å²) < 4.78 is 28.0. The van der Waals surface area contributed by atoms with E-state index in [0.717, 1.165) is 32.3 Å². The monoisotopic (exact) mass is 249 g/mol. The van der Waals surface area contributed by atoms with E-state index in [0.29, 0.717) is 12.5 Å². The van der Waals surface area contributed by atoms with Gasteiger partial charge in [-0.05, 0) is 32.1 Å². The SMILES string of the molecule is CCS(=O)(=O)CCCC(N)CC1CCCO1. The summed E-state index contributed by atoms with van der Waals surface area (Å²) in [5.41, 5.74) is 5.95. The van der Waals surface area contributed by atoms with Crippen LogP contribution in [0, 0.1) is 0 Å². The van der Waals surface area contributed by atoms with Gasteiger partial charge >= 0.3 is 0 Å². The Morgan fingerprint density at radius 1 is 1.50 bits per heavy atom. The Labute approximate surface area is 98.5 Å². The van der Waals surface area contributed by atoms with Crippen LogP contribution in [-0.4, -0.2) is 38.7 Å². The first-order valence-electron chi connectivity index (χ1n) is 6.11. The van der Waals surface area contributed by atoms with Gasteiger partial charge in [0.2, 0.25) is 0 Å². The molecule has 0 saturated carbocycles. The molecular weight excluding hydrogens is 226 g/mol. The van der Waals surface area contributed by atoms with E-state index in [1.54, 1.807) is 6.92 Å². The lowest BCUT2D eigenvalue weighted by molar-refractivity contribution is 0.0975. The van der Waals surface area contributed by atoms with Gasteiger partial charge in [0.1, 0.15) is 9.84 Å². The van der Waals surface area contributed by atoms with Crippen LogP contribution in [0.2, 0.25) is 0 Å². The second-order valence-electron chi connectivity index (χ2n) is 4.51. The summed E-state index contributed by atoms with van der Waals surface area (Å²) in [6.07, 6.45) is 4.84. The van der Waals surface area contributed by atoms with Gasteiger partial charge in [0, 0.05) is 18.4 Å². The summed E-state index contributed by atoms with van der Waals surface area (Å²) >= 11 is 0. The summed E-state index contributed by atoms with van der Waals surface area (Å²) in [5.74, 6) is 0.497.